The Morgan fingerprint density at radius 1 is 0.903 bits per heavy atom. The lowest BCUT2D eigenvalue weighted by molar-refractivity contribution is -0.116. The van der Waals surface area contributed by atoms with Crippen molar-refractivity contribution in [3.05, 3.63) is 28.6 Å². The molecule has 0 unspecified atom stereocenters. The quantitative estimate of drug-likeness (QED) is 0.108. The van der Waals surface area contributed by atoms with Gasteiger partial charge in [-0.25, -0.2) is 10.1 Å². The molecule has 0 radical (unpaired) electrons. The van der Waals surface area contributed by atoms with Crippen molar-refractivity contribution in [3.8, 4) is 6.08 Å². The van der Waals surface area contributed by atoms with E-state index in [2.05, 4.69) is 16.2 Å². The molecule has 7 heteroatoms. The van der Waals surface area contributed by atoms with E-state index in [1.165, 1.54) is 77.0 Å². The first-order chi connectivity index (χ1) is 15.2. The second-order valence-corrected chi connectivity index (χ2v) is 8.84. The maximum atomic E-state index is 12.1. The highest BCUT2D eigenvalue weighted by Gasteiger charge is 2.09. The van der Waals surface area contributed by atoms with E-state index in [1.807, 2.05) is 0 Å². The molecule has 2 rings (SSSR count). The fourth-order valence-electron chi connectivity index (χ4n) is 3.64. The molecular formula is C24H37NO5S. The lowest BCUT2D eigenvalue weighted by Crippen LogP contribution is -2.06. The first-order valence-electron chi connectivity index (χ1n) is 11.8. The number of benzene rings is 1. The van der Waals surface area contributed by atoms with Crippen LogP contribution in [-0.4, -0.2) is 16.8 Å². The summed E-state index contributed by atoms with van der Waals surface area (Å²) in [4.78, 5) is 16.9. The van der Waals surface area contributed by atoms with E-state index < -0.39 is 5.63 Å². The van der Waals surface area contributed by atoms with Gasteiger partial charge in [0.2, 0.25) is 0 Å². The van der Waals surface area contributed by atoms with Crippen LogP contribution in [0.25, 0.3) is 10.9 Å². The zero-order valence-corrected chi connectivity index (χ0v) is 19.6. The molecule has 0 amide bonds. The average molecular weight is 452 g/mol. The number of fused-ring (bicyclic) bond motifs is 1. The molecule has 1 aromatic carbocycles. The Morgan fingerprint density at radius 3 is 2.06 bits per heavy atom. The van der Waals surface area contributed by atoms with Gasteiger partial charge in [-0.15, -0.1) is 0 Å². The number of unbranched alkanes of at least 4 members (excludes halogenated alkanes) is 13. The summed E-state index contributed by atoms with van der Waals surface area (Å²) in [5.41, 5.74) is -0.0177. The predicted molar refractivity (Wildman–Crippen MR) is 126 cm³/mol. The molecule has 0 saturated carbocycles. The van der Waals surface area contributed by atoms with E-state index in [0.717, 1.165) is 24.9 Å². The fraction of sp³-hybridized carbons (Fsp3) is 0.667. The normalized spacial score (nSPS) is 11.3. The van der Waals surface area contributed by atoms with E-state index in [-0.39, 0.29) is 6.08 Å². The molecule has 0 bridgehead atoms. The van der Waals surface area contributed by atoms with Gasteiger partial charge in [-0.3, -0.25) is 0 Å². The zero-order valence-electron chi connectivity index (χ0n) is 18.8. The highest BCUT2D eigenvalue weighted by molar-refractivity contribution is 7.94. The summed E-state index contributed by atoms with van der Waals surface area (Å²) in [6.07, 6.45) is 18.3. The van der Waals surface area contributed by atoms with E-state index >= 15 is 0 Å². The van der Waals surface area contributed by atoms with Crippen LogP contribution in [0.1, 0.15) is 96.8 Å². The van der Waals surface area contributed by atoms with Gasteiger partial charge in [0.05, 0.1) is 29.6 Å². The van der Waals surface area contributed by atoms with Crippen molar-refractivity contribution < 1.29 is 18.7 Å². The Hall–Kier alpha value is -1.57. The second kappa shape index (κ2) is 16.1. The first kappa shape index (κ1) is 25.7. The van der Waals surface area contributed by atoms with Crippen molar-refractivity contribution in [1.82, 2.24) is 4.98 Å². The minimum atomic E-state index is -0.513. The molecule has 0 fully saturated rings. The first-order valence-corrected chi connectivity index (χ1v) is 12.5. The predicted octanol–water partition coefficient (Wildman–Crippen LogP) is 7.54. The summed E-state index contributed by atoms with van der Waals surface area (Å²) in [6, 6.07) is 4.94. The van der Waals surface area contributed by atoms with Crippen molar-refractivity contribution >= 4 is 22.9 Å². The van der Waals surface area contributed by atoms with Crippen LogP contribution in [0.15, 0.2) is 32.3 Å². The Labute approximate surface area is 189 Å². The molecule has 0 atom stereocenters. The summed E-state index contributed by atoms with van der Waals surface area (Å²) in [5.74, 6) is 0. The van der Waals surface area contributed by atoms with Gasteiger partial charge in [-0.05, 0) is 24.6 Å². The van der Waals surface area contributed by atoms with Gasteiger partial charge in [0.15, 0.2) is 0 Å². The molecule has 0 spiro atoms. The minimum Gasteiger partial charge on any atom is -0.450 e. The third-order valence-electron chi connectivity index (χ3n) is 5.44. The maximum absolute atomic E-state index is 12.1. The lowest BCUT2D eigenvalue weighted by atomic mass is 10.0. The van der Waals surface area contributed by atoms with Crippen LogP contribution in [0.4, 0.5) is 0 Å². The van der Waals surface area contributed by atoms with Crippen molar-refractivity contribution in [3.63, 3.8) is 0 Å². The summed E-state index contributed by atoms with van der Waals surface area (Å²) in [6.45, 7) is 2.76. The monoisotopic (exact) mass is 451 g/mol. The van der Waals surface area contributed by atoms with E-state index in [4.69, 9.17) is 14.4 Å². The van der Waals surface area contributed by atoms with Gasteiger partial charge < -0.3 is 9.15 Å². The standard InChI is InChI=1S/C24H37NO5S/c1-2-3-4-5-6-7-8-9-10-11-12-13-14-15-18-28-24-25-22-17-16-20(31-30-27)19-21(22)23(26)29-24/h16-17,19,27H,2-15,18H2,1H3. The number of rotatable bonds is 18. The fourth-order valence-corrected chi connectivity index (χ4v) is 4.02. The van der Waals surface area contributed by atoms with E-state index in [0.29, 0.717) is 22.4 Å². The molecule has 2 aromatic rings. The third kappa shape index (κ3) is 10.5. The van der Waals surface area contributed by atoms with Crippen molar-refractivity contribution in [2.75, 3.05) is 6.61 Å². The Balaban J connectivity index is 1.51. The Morgan fingerprint density at radius 2 is 1.48 bits per heavy atom. The number of hydrogen-bond acceptors (Lipinski definition) is 7. The molecular weight excluding hydrogens is 414 g/mol. The van der Waals surface area contributed by atoms with Crippen LogP contribution >= 0.6 is 12.0 Å². The summed E-state index contributed by atoms with van der Waals surface area (Å²) < 4.78 is 14.7. The Kier molecular flexibility index (Phi) is 13.4. The average Bonchev–Trinajstić information content (AvgIpc) is 2.77. The molecule has 6 nitrogen and oxygen atoms in total. The number of aromatic nitrogens is 1. The maximum Gasteiger partial charge on any atom is 0.397 e. The van der Waals surface area contributed by atoms with E-state index in [1.54, 1.807) is 18.2 Å². The third-order valence-corrected chi connectivity index (χ3v) is 5.96. The van der Waals surface area contributed by atoms with Gasteiger partial charge in [0.25, 0.3) is 0 Å². The summed E-state index contributed by atoms with van der Waals surface area (Å²) in [7, 11) is 0. The molecule has 1 heterocycles. The molecule has 0 aliphatic carbocycles. The highest BCUT2D eigenvalue weighted by atomic mass is 32.2. The van der Waals surface area contributed by atoms with Gasteiger partial charge in [-0.1, -0.05) is 90.4 Å². The summed E-state index contributed by atoms with van der Waals surface area (Å²) >= 11 is 0.752. The molecule has 174 valence electrons. The minimum absolute atomic E-state index is 0.00556. The second-order valence-electron chi connectivity index (χ2n) is 8.05. The van der Waals surface area contributed by atoms with Crippen LogP contribution in [-0.2, 0) is 4.33 Å². The van der Waals surface area contributed by atoms with Crippen molar-refractivity contribution in [2.24, 2.45) is 0 Å². The lowest BCUT2D eigenvalue weighted by Gasteiger charge is -2.05. The zero-order chi connectivity index (χ0) is 22.2. The van der Waals surface area contributed by atoms with Gasteiger partial charge in [0, 0.05) is 4.90 Å². The van der Waals surface area contributed by atoms with E-state index in [9.17, 15) is 4.79 Å². The van der Waals surface area contributed by atoms with Crippen LogP contribution in [0.5, 0.6) is 6.08 Å². The molecule has 1 aromatic heterocycles. The van der Waals surface area contributed by atoms with Crippen molar-refractivity contribution in [2.45, 2.75) is 102 Å². The van der Waals surface area contributed by atoms with Gasteiger partial charge >= 0.3 is 11.7 Å². The molecule has 1 N–H and O–H groups in total. The van der Waals surface area contributed by atoms with Crippen LogP contribution in [0.2, 0.25) is 0 Å². The molecule has 0 aliphatic heterocycles. The highest BCUT2D eigenvalue weighted by Crippen LogP contribution is 2.22. The number of hydrogen-bond donors (Lipinski definition) is 1. The summed E-state index contributed by atoms with van der Waals surface area (Å²) in [5, 5.41) is 8.82. The topological polar surface area (TPSA) is 81.8 Å². The van der Waals surface area contributed by atoms with Crippen molar-refractivity contribution in [1.29, 1.82) is 0 Å². The van der Waals surface area contributed by atoms with Gasteiger partial charge in [0.1, 0.15) is 0 Å². The number of ether oxygens (including phenoxy) is 1. The SMILES string of the molecule is CCCCCCCCCCCCCCCCOc1nc2ccc(SOO)cc2c(=O)o1. The smallest absolute Gasteiger partial charge is 0.397 e. The Bertz CT molecular complexity index is 795. The largest absolute Gasteiger partial charge is 0.450 e. The van der Waals surface area contributed by atoms with Crippen LogP contribution < -0.4 is 10.4 Å². The van der Waals surface area contributed by atoms with Crippen LogP contribution in [0.3, 0.4) is 0 Å². The molecule has 0 saturated heterocycles. The molecule has 0 aliphatic rings. The number of nitrogens with zero attached hydrogens (tertiary/aromatic N) is 1. The molecule has 31 heavy (non-hydrogen) atoms. The van der Waals surface area contributed by atoms with Crippen LogP contribution in [0, 0.1) is 0 Å². The van der Waals surface area contributed by atoms with Gasteiger partial charge in [-0.2, -0.15) is 9.32 Å².